The van der Waals surface area contributed by atoms with Crippen molar-refractivity contribution in [3.05, 3.63) is 29.8 Å². The molecule has 3 aromatic rings. The van der Waals surface area contributed by atoms with Crippen molar-refractivity contribution >= 4 is 34.7 Å². The third-order valence-corrected chi connectivity index (χ3v) is 5.14. The molecule has 0 bridgehead atoms. The molecule has 0 radical (unpaired) electrons. The molecule has 1 amide bonds. The molecular formula is C17H18ClFN6O. The number of rotatable bonds is 4. The molecule has 0 unspecified atom stereocenters. The van der Waals surface area contributed by atoms with E-state index >= 15 is 0 Å². The van der Waals surface area contributed by atoms with Crippen LogP contribution in [0.25, 0.3) is 22.2 Å². The lowest BCUT2D eigenvalue weighted by Gasteiger charge is -2.32. The molecular weight excluding hydrogens is 359 g/mol. The highest BCUT2D eigenvalue weighted by molar-refractivity contribution is 6.36. The molecule has 136 valence electrons. The molecule has 2 N–H and O–H groups in total. The van der Waals surface area contributed by atoms with E-state index in [1.54, 1.807) is 23.3 Å². The number of aromatic nitrogens is 4. The number of likely N-dealkylation sites (tertiary alicyclic amines) is 1. The van der Waals surface area contributed by atoms with Crippen molar-refractivity contribution in [2.75, 3.05) is 25.5 Å². The third kappa shape index (κ3) is 2.70. The lowest BCUT2D eigenvalue weighted by atomic mass is 10.0. The van der Waals surface area contributed by atoms with E-state index in [0.29, 0.717) is 30.0 Å². The van der Waals surface area contributed by atoms with Gasteiger partial charge in [0.25, 0.3) is 0 Å². The van der Waals surface area contributed by atoms with Crippen molar-refractivity contribution in [2.24, 2.45) is 0 Å². The number of H-pyrrole nitrogens is 1. The quantitative estimate of drug-likeness (QED) is 0.686. The lowest BCUT2D eigenvalue weighted by molar-refractivity contribution is -0.120. The second kappa shape index (κ2) is 6.60. The maximum atomic E-state index is 14.4. The van der Waals surface area contributed by atoms with Crippen molar-refractivity contribution in [1.29, 1.82) is 0 Å². The number of aromatic amines is 1. The number of halogens is 2. The molecule has 2 atom stereocenters. The SMILES string of the molecule is CNc1c(-c2cnn([C@H]3CCN(C=O)C[C@@H]3F)c2)cnc2[nH]cc(Cl)c12. The van der Waals surface area contributed by atoms with Gasteiger partial charge in [-0.2, -0.15) is 5.10 Å². The highest BCUT2D eigenvalue weighted by Crippen LogP contribution is 2.37. The van der Waals surface area contributed by atoms with Crippen LogP contribution in [0.4, 0.5) is 10.1 Å². The number of fused-ring (bicyclic) bond motifs is 1. The average molecular weight is 377 g/mol. The van der Waals surface area contributed by atoms with Crippen molar-refractivity contribution in [3.8, 4) is 11.1 Å². The fraction of sp³-hybridized carbons (Fsp3) is 0.353. The maximum absolute atomic E-state index is 14.4. The number of nitrogens with zero attached hydrogens (tertiary/aromatic N) is 4. The van der Waals surface area contributed by atoms with Crippen LogP contribution in [0.3, 0.4) is 0 Å². The van der Waals surface area contributed by atoms with E-state index in [4.69, 9.17) is 11.6 Å². The van der Waals surface area contributed by atoms with Crippen LogP contribution in [0, 0.1) is 0 Å². The molecule has 0 spiro atoms. The third-order valence-electron chi connectivity index (χ3n) is 4.84. The fourth-order valence-corrected chi connectivity index (χ4v) is 3.74. The second-order valence-corrected chi connectivity index (χ2v) is 6.75. The number of carbonyl (C=O) groups is 1. The predicted octanol–water partition coefficient (Wildman–Crippen LogP) is 2.86. The average Bonchev–Trinajstić information content (AvgIpc) is 3.28. The Bertz CT molecular complexity index is 954. The molecule has 26 heavy (non-hydrogen) atoms. The Hall–Kier alpha value is -2.61. The van der Waals surface area contributed by atoms with Gasteiger partial charge in [0.1, 0.15) is 11.8 Å². The Labute approximate surface area is 154 Å². The van der Waals surface area contributed by atoms with E-state index < -0.39 is 6.17 Å². The Kier molecular flexibility index (Phi) is 4.28. The minimum Gasteiger partial charge on any atom is -0.387 e. The predicted molar refractivity (Wildman–Crippen MR) is 98.1 cm³/mol. The standard InChI is InChI=1S/C17H18ClFN6O/c1-20-16-11(5-21-17-15(16)12(18)6-22-17)10-4-23-25(7-10)14-2-3-24(9-26)8-13(14)19/h4-7,9,13-14H,2-3,8H2,1H3,(H2,20,21,22)/t13-,14-/m0/s1. The van der Waals surface area contributed by atoms with Gasteiger partial charge in [-0.25, -0.2) is 9.37 Å². The number of alkyl halides is 1. The van der Waals surface area contributed by atoms with Crippen molar-refractivity contribution in [3.63, 3.8) is 0 Å². The number of amides is 1. The first kappa shape index (κ1) is 16.8. The summed E-state index contributed by atoms with van der Waals surface area (Å²) in [6.07, 6.45) is 7.02. The maximum Gasteiger partial charge on any atom is 0.209 e. The highest BCUT2D eigenvalue weighted by atomic mass is 35.5. The Morgan fingerprint density at radius 1 is 1.46 bits per heavy atom. The molecule has 0 saturated carbocycles. The van der Waals surface area contributed by atoms with Gasteiger partial charge in [-0.1, -0.05) is 11.6 Å². The van der Waals surface area contributed by atoms with E-state index in [1.807, 2.05) is 13.2 Å². The molecule has 0 aromatic carbocycles. The summed E-state index contributed by atoms with van der Waals surface area (Å²) in [4.78, 5) is 19.7. The molecule has 4 rings (SSSR count). The highest BCUT2D eigenvalue weighted by Gasteiger charge is 2.30. The normalized spacial score (nSPS) is 20.5. The van der Waals surface area contributed by atoms with Crippen LogP contribution in [0.2, 0.25) is 5.02 Å². The summed E-state index contributed by atoms with van der Waals surface area (Å²) in [6, 6.07) is -0.384. The number of piperidine rings is 1. The van der Waals surface area contributed by atoms with Crippen LogP contribution < -0.4 is 5.32 Å². The van der Waals surface area contributed by atoms with Crippen LogP contribution in [-0.2, 0) is 4.79 Å². The van der Waals surface area contributed by atoms with Crippen LogP contribution in [0.1, 0.15) is 12.5 Å². The van der Waals surface area contributed by atoms with Gasteiger partial charge in [0.15, 0.2) is 0 Å². The molecule has 1 fully saturated rings. The Morgan fingerprint density at radius 2 is 2.31 bits per heavy atom. The molecule has 7 nitrogen and oxygen atoms in total. The van der Waals surface area contributed by atoms with E-state index in [0.717, 1.165) is 22.2 Å². The zero-order valence-electron chi connectivity index (χ0n) is 14.1. The van der Waals surface area contributed by atoms with Crippen molar-refractivity contribution in [1.82, 2.24) is 24.6 Å². The Balaban J connectivity index is 1.69. The molecule has 1 aliphatic rings. The molecule has 1 aliphatic heterocycles. The first-order valence-corrected chi connectivity index (χ1v) is 8.71. The molecule has 4 heterocycles. The summed E-state index contributed by atoms with van der Waals surface area (Å²) >= 11 is 6.27. The van der Waals surface area contributed by atoms with E-state index in [9.17, 15) is 9.18 Å². The van der Waals surface area contributed by atoms with E-state index in [2.05, 4.69) is 20.4 Å². The minimum absolute atomic E-state index is 0.0948. The summed E-state index contributed by atoms with van der Waals surface area (Å²) in [5, 5.41) is 8.92. The van der Waals surface area contributed by atoms with Gasteiger partial charge in [-0.05, 0) is 6.42 Å². The summed E-state index contributed by atoms with van der Waals surface area (Å²) in [7, 11) is 1.82. The van der Waals surface area contributed by atoms with Crippen LogP contribution in [0.5, 0.6) is 0 Å². The topological polar surface area (TPSA) is 78.8 Å². The summed E-state index contributed by atoms with van der Waals surface area (Å²) in [5.41, 5.74) is 3.20. The number of anilines is 1. The van der Waals surface area contributed by atoms with Crippen LogP contribution in [-0.4, -0.2) is 57.4 Å². The zero-order valence-corrected chi connectivity index (χ0v) is 14.9. The van der Waals surface area contributed by atoms with Gasteiger partial charge in [-0.3, -0.25) is 9.48 Å². The monoisotopic (exact) mass is 376 g/mol. The number of hydrogen-bond donors (Lipinski definition) is 2. The summed E-state index contributed by atoms with van der Waals surface area (Å²) in [6.45, 7) is 0.621. The van der Waals surface area contributed by atoms with E-state index in [-0.39, 0.29) is 12.6 Å². The van der Waals surface area contributed by atoms with Crippen molar-refractivity contribution < 1.29 is 9.18 Å². The zero-order chi connectivity index (χ0) is 18.3. The number of carbonyl (C=O) groups excluding carboxylic acids is 1. The smallest absolute Gasteiger partial charge is 0.209 e. The fourth-order valence-electron chi connectivity index (χ4n) is 3.50. The minimum atomic E-state index is -1.15. The largest absolute Gasteiger partial charge is 0.387 e. The first-order valence-electron chi connectivity index (χ1n) is 8.33. The number of pyridine rings is 1. The molecule has 0 aliphatic carbocycles. The van der Waals surface area contributed by atoms with Crippen LogP contribution >= 0.6 is 11.6 Å². The summed E-state index contributed by atoms with van der Waals surface area (Å²) < 4.78 is 16.1. The second-order valence-electron chi connectivity index (χ2n) is 6.34. The van der Waals surface area contributed by atoms with Gasteiger partial charge in [0.2, 0.25) is 6.41 Å². The van der Waals surface area contributed by atoms with Gasteiger partial charge in [-0.15, -0.1) is 0 Å². The van der Waals surface area contributed by atoms with Gasteiger partial charge in [0, 0.05) is 43.3 Å². The number of hydrogen-bond acceptors (Lipinski definition) is 4. The van der Waals surface area contributed by atoms with E-state index in [1.165, 1.54) is 4.90 Å². The summed E-state index contributed by atoms with van der Waals surface area (Å²) in [5.74, 6) is 0. The Morgan fingerprint density at radius 3 is 3.04 bits per heavy atom. The first-order chi connectivity index (χ1) is 12.6. The van der Waals surface area contributed by atoms with Gasteiger partial charge >= 0.3 is 0 Å². The van der Waals surface area contributed by atoms with Gasteiger partial charge in [0.05, 0.1) is 34.9 Å². The molecule has 1 saturated heterocycles. The lowest BCUT2D eigenvalue weighted by Crippen LogP contribution is -2.42. The molecule has 3 aromatic heterocycles. The van der Waals surface area contributed by atoms with Crippen LogP contribution in [0.15, 0.2) is 24.8 Å². The number of nitrogens with one attached hydrogen (secondary N) is 2. The molecule has 9 heteroatoms. The van der Waals surface area contributed by atoms with Gasteiger partial charge < -0.3 is 15.2 Å². The van der Waals surface area contributed by atoms with Crippen molar-refractivity contribution in [2.45, 2.75) is 18.6 Å².